The highest BCUT2D eigenvalue weighted by Crippen LogP contribution is 2.35. The molecular formula is C24H29ClN2O5. The van der Waals surface area contributed by atoms with E-state index in [4.69, 9.17) is 26.8 Å². The SMILES string of the molecule is CN[C@@H](C)C(=O)O[C@@H]1Cc2cc(C(C)=O)ccc2OC1(C)C.NC(=O)c1cccc(Cl)c1. The van der Waals surface area contributed by atoms with E-state index in [-0.39, 0.29) is 17.8 Å². The number of likely N-dealkylation sites (N-methyl/N-ethyl adjacent to an activating group) is 1. The maximum Gasteiger partial charge on any atom is 0.323 e. The number of esters is 1. The predicted molar refractivity (Wildman–Crippen MR) is 123 cm³/mol. The molecule has 0 saturated carbocycles. The molecule has 0 unspecified atom stereocenters. The van der Waals surface area contributed by atoms with Crippen LogP contribution in [0.5, 0.6) is 5.75 Å². The van der Waals surface area contributed by atoms with Gasteiger partial charge >= 0.3 is 5.97 Å². The Morgan fingerprint density at radius 2 is 1.88 bits per heavy atom. The summed E-state index contributed by atoms with van der Waals surface area (Å²) in [5.41, 5.74) is 6.33. The number of benzene rings is 2. The molecule has 3 rings (SSSR count). The van der Waals surface area contributed by atoms with Crippen LogP contribution in [-0.4, -0.2) is 42.5 Å². The van der Waals surface area contributed by atoms with Crippen LogP contribution in [0.4, 0.5) is 0 Å². The van der Waals surface area contributed by atoms with E-state index in [2.05, 4.69) is 5.32 Å². The summed E-state index contributed by atoms with van der Waals surface area (Å²) in [5, 5.41) is 3.39. The highest BCUT2D eigenvalue weighted by molar-refractivity contribution is 6.30. The molecular weight excluding hydrogens is 432 g/mol. The van der Waals surface area contributed by atoms with E-state index in [0.29, 0.717) is 22.6 Å². The van der Waals surface area contributed by atoms with E-state index in [9.17, 15) is 14.4 Å². The van der Waals surface area contributed by atoms with Gasteiger partial charge < -0.3 is 20.5 Å². The molecule has 2 aromatic carbocycles. The molecule has 32 heavy (non-hydrogen) atoms. The van der Waals surface area contributed by atoms with Crippen LogP contribution in [0, 0.1) is 0 Å². The van der Waals surface area contributed by atoms with E-state index >= 15 is 0 Å². The number of ether oxygens (including phenoxy) is 2. The topological polar surface area (TPSA) is 108 Å². The van der Waals surface area contributed by atoms with Crippen molar-refractivity contribution in [3.05, 3.63) is 64.2 Å². The number of carbonyl (C=O) groups excluding carboxylic acids is 3. The van der Waals surface area contributed by atoms with Crippen LogP contribution < -0.4 is 15.8 Å². The van der Waals surface area contributed by atoms with Gasteiger partial charge in [-0.05, 0) is 76.7 Å². The minimum Gasteiger partial charge on any atom is -0.484 e. The molecule has 1 aliphatic heterocycles. The highest BCUT2D eigenvalue weighted by Gasteiger charge is 2.40. The average molecular weight is 461 g/mol. The van der Waals surface area contributed by atoms with Gasteiger partial charge in [-0.2, -0.15) is 0 Å². The third-order valence-electron chi connectivity index (χ3n) is 5.17. The minimum atomic E-state index is -0.617. The molecule has 3 N–H and O–H groups in total. The minimum absolute atomic E-state index is 0.00461. The summed E-state index contributed by atoms with van der Waals surface area (Å²) in [6.07, 6.45) is 0.136. The van der Waals surface area contributed by atoms with Crippen molar-refractivity contribution >= 4 is 29.3 Å². The first-order valence-corrected chi connectivity index (χ1v) is 10.6. The zero-order valence-corrected chi connectivity index (χ0v) is 19.7. The molecule has 7 nitrogen and oxygen atoms in total. The van der Waals surface area contributed by atoms with E-state index < -0.39 is 17.6 Å². The maximum absolute atomic E-state index is 12.0. The standard InChI is InChI=1S/C17H23NO4.C7H6ClNO/c1-10(18-5)16(20)21-15-9-13-8-12(11(2)19)6-7-14(13)22-17(15,3)4;8-6-3-1-2-5(4-6)7(9)10/h6-8,10,15,18H,9H2,1-5H3;1-4H,(H2,9,10)/t10-,15+;/m0./s1. The van der Waals surface area contributed by atoms with E-state index in [0.717, 1.165) is 11.3 Å². The van der Waals surface area contributed by atoms with Gasteiger partial charge in [0.1, 0.15) is 23.5 Å². The number of hydrogen-bond donors (Lipinski definition) is 2. The fraction of sp³-hybridized carbons (Fsp3) is 0.375. The lowest BCUT2D eigenvalue weighted by Crippen LogP contribution is -2.50. The van der Waals surface area contributed by atoms with Crippen LogP contribution >= 0.6 is 11.6 Å². The first-order valence-electron chi connectivity index (χ1n) is 10.2. The number of fused-ring (bicyclic) bond motifs is 1. The number of ketones is 1. The van der Waals surface area contributed by atoms with Crippen molar-refractivity contribution in [2.75, 3.05) is 7.05 Å². The molecule has 0 aromatic heterocycles. The summed E-state index contributed by atoms with van der Waals surface area (Å²) in [5.74, 6) is -0.0215. The van der Waals surface area contributed by atoms with Crippen molar-refractivity contribution in [2.45, 2.75) is 51.9 Å². The quantitative estimate of drug-likeness (QED) is 0.521. The van der Waals surface area contributed by atoms with Gasteiger partial charge in [-0.1, -0.05) is 17.7 Å². The Bertz CT molecular complexity index is 1010. The first kappa shape index (κ1) is 25.4. The number of amides is 1. The maximum atomic E-state index is 12.0. The molecule has 2 aromatic rings. The summed E-state index contributed by atoms with van der Waals surface area (Å²) < 4.78 is 11.6. The van der Waals surface area contributed by atoms with Crippen LogP contribution in [-0.2, 0) is 16.0 Å². The van der Waals surface area contributed by atoms with E-state index in [1.54, 1.807) is 38.2 Å². The van der Waals surface area contributed by atoms with Crippen molar-refractivity contribution in [2.24, 2.45) is 5.73 Å². The van der Waals surface area contributed by atoms with Crippen LogP contribution in [0.15, 0.2) is 42.5 Å². The average Bonchev–Trinajstić information content (AvgIpc) is 2.73. The van der Waals surface area contributed by atoms with Crippen molar-refractivity contribution in [3.63, 3.8) is 0 Å². The smallest absolute Gasteiger partial charge is 0.323 e. The lowest BCUT2D eigenvalue weighted by atomic mass is 9.89. The van der Waals surface area contributed by atoms with Gasteiger partial charge in [-0.3, -0.25) is 14.4 Å². The third-order valence-corrected chi connectivity index (χ3v) is 5.41. The Kier molecular flexibility index (Phi) is 8.41. The molecule has 2 atom stereocenters. The Hall–Kier alpha value is -2.90. The lowest BCUT2D eigenvalue weighted by Gasteiger charge is -2.39. The number of carbonyl (C=O) groups is 3. The van der Waals surface area contributed by atoms with Crippen LogP contribution in [0.25, 0.3) is 0 Å². The summed E-state index contributed by atoms with van der Waals surface area (Å²) in [6.45, 7) is 7.08. The normalized spacial score (nSPS) is 17.0. The molecule has 0 fully saturated rings. The van der Waals surface area contributed by atoms with Gasteiger partial charge in [0.15, 0.2) is 5.78 Å². The van der Waals surface area contributed by atoms with E-state index in [1.165, 1.54) is 13.0 Å². The Morgan fingerprint density at radius 1 is 1.19 bits per heavy atom. The molecule has 1 aliphatic rings. The van der Waals surface area contributed by atoms with E-state index in [1.807, 2.05) is 26.0 Å². The van der Waals surface area contributed by atoms with Crippen molar-refractivity contribution in [1.82, 2.24) is 5.32 Å². The monoisotopic (exact) mass is 460 g/mol. The number of nitrogens with one attached hydrogen (secondary N) is 1. The van der Waals surface area contributed by atoms with Gasteiger partial charge in [-0.15, -0.1) is 0 Å². The Labute approximate surface area is 193 Å². The Balaban J connectivity index is 0.000000303. The second kappa shape index (κ2) is 10.6. The van der Waals surface area contributed by atoms with Gasteiger partial charge in [0, 0.05) is 22.6 Å². The largest absolute Gasteiger partial charge is 0.484 e. The van der Waals surface area contributed by atoms with Crippen molar-refractivity contribution in [1.29, 1.82) is 0 Å². The number of primary amides is 1. The number of hydrogen-bond acceptors (Lipinski definition) is 6. The zero-order chi connectivity index (χ0) is 24.1. The summed E-state index contributed by atoms with van der Waals surface area (Å²) >= 11 is 5.58. The fourth-order valence-electron chi connectivity index (χ4n) is 3.04. The second-order valence-corrected chi connectivity index (χ2v) is 8.54. The number of Topliss-reactive ketones (excluding diaryl/α,β-unsaturated/α-hetero) is 1. The van der Waals surface area contributed by atoms with Crippen LogP contribution in [0.2, 0.25) is 5.02 Å². The molecule has 0 saturated heterocycles. The predicted octanol–water partition coefficient (Wildman–Crippen LogP) is 3.56. The highest BCUT2D eigenvalue weighted by atomic mass is 35.5. The molecule has 0 bridgehead atoms. The van der Waals surface area contributed by atoms with Crippen LogP contribution in [0.3, 0.4) is 0 Å². The molecule has 8 heteroatoms. The van der Waals surface area contributed by atoms with Crippen molar-refractivity contribution in [3.8, 4) is 5.75 Å². The molecule has 0 aliphatic carbocycles. The Morgan fingerprint density at radius 3 is 2.41 bits per heavy atom. The molecule has 1 heterocycles. The summed E-state index contributed by atoms with van der Waals surface area (Å²) in [7, 11) is 1.71. The van der Waals surface area contributed by atoms with Gasteiger partial charge in [0.25, 0.3) is 0 Å². The second-order valence-electron chi connectivity index (χ2n) is 8.10. The molecule has 1 amide bonds. The fourth-order valence-corrected chi connectivity index (χ4v) is 3.23. The summed E-state index contributed by atoms with van der Waals surface area (Å²) in [6, 6.07) is 11.5. The lowest BCUT2D eigenvalue weighted by molar-refractivity contribution is -0.163. The zero-order valence-electron chi connectivity index (χ0n) is 18.9. The number of nitrogens with two attached hydrogens (primary N) is 1. The van der Waals surface area contributed by atoms with Crippen LogP contribution in [0.1, 0.15) is 54.0 Å². The number of rotatable bonds is 5. The van der Waals surface area contributed by atoms with Gasteiger partial charge in [0.05, 0.1) is 0 Å². The molecule has 172 valence electrons. The molecule has 0 radical (unpaired) electrons. The van der Waals surface area contributed by atoms with Gasteiger partial charge in [0.2, 0.25) is 5.91 Å². The molecule has 0 spiro atoms. The summed E-state index contributed by atoms with van der Waals surface area (Å²) in [4.78, 5) is 34.1. The van der Waals surface area contributed by atoms with Gasteiger partial charge in [-0.25, -0.2) is 0 Å². The van der Waals surface area contributed by atoms with Crippen molar-refractivity contribution < 1.29 is 23.9 Å². The third kappa shape index (κ3) is 6.55. The number of halogens is 1. The first-order chi connectivity index (χ1) is 14.9.